The Kier molecular flexibility index (Phi) is 4.04. The SMILES string of the molecule is Cc1cc(NCc2cccn2C)ccc1NS(C)(=O)=O. The molecule has 2 N–H and O–H groups in total. The predicted octanol–water partition coefficient (Wildman–Crippen LogP) is 2.32. The first kappa shape index (κ1) is 14.5. The number of rotatable bonds is 5. The number of hydrogen-bond acceptors (Lipinski definition) is 3. The lowest BCUT2D eigenvalue weighted by Crippen LogP contribution is -2.11. The van der Waals surface area contributed by atoms with E-state index in [4.69, 9.17) is 0 Å². The molecule has 5 nitrogen and oxygen atoms in total. The number of hydrogen-bond donors (Lipinski definition) is 2. The molecule has 1 aromatic carbocycles. The topological polar surface area (TPSA) is 63.1 Å². The second kappa shape index (κ2) is 5.58. The molecule has 0 fully saturated rings. The molecule has 0 unspecified atom stereocenters. The van der Waals surface area contributed by atoms with Gasteiger partial charge in [-0.1, -0.05) is 0 Å². The number of aromatic nitrogens is 1. The zero-order valence-electron chi connectivity index (χ0n) is 11.8. The number of anilines is 2. The molecule has 6 heteroatoms. The standard InChI is InChI=1S/C14H19N3O2S/c1-11-9-12(6-7-14(11)16-20(3,18)19)15-10-13-5-4-8-17(13)2/h4-9,15-16H,10H2,1-3H3. The molecule has 0 atom stereocenters. The summed E-state index contributed by atoms with van der Waals surface area (Å²) in [6.07, 6.45) is 3.15. The molecular formula is C14H19N3O2S. The molecule has 0 spiro atoms. The normalized spacial score (nSPS) is 11.3. The Labute approximate surface area is 119 Å². The summed E-state index contributed by atoms with van der Waals surface area (Å²) < 4.78 is 27.0. The molecule has 0 aliphatic rings. The maximum Gasteiger partial charge on any atom is 0.229 e. The van der Waals surface area contributed by atoms with Gasteiger partial charge in [0, 0.05) is 24.6 Å². The van der Waals surface area contributed by atoms with E-state index in [1.807, 2.05) is 38.4 Å². The van der Waals surface area contributed by atoms with Crippen molar-refractivity contribution in [3.8, 4) is 0 Å². The Hall–Kier alpha value is -1.95. The quantitative estimate of drug-likeness (QED) is 0.889. The highest BCUT2D eigenvalue weighted by Gasteiger charge is 2.05. The van der Waals surface area contributed by atoms with Crippen LogP contribution in [-0.2, 0) is 23.6 Å². The first-order valence-electron chi connectivity index (χ1n) is 6.28. The van der Waals surface area contributed by atoms with Crippen LogP contribution in [0.4, 0.5) is 11.4 Å². The molecule has 2 rings (SSSR count). The van der Waals surface area contributed by atoms with Crippen molar-refractivity contribution in [1.29, 1.82) is 0 Å². The van der Waals surface area contributed by atoms with Gasteiger partial charge in [0.25, 0.3) is 0 Å². The van der Waals surface area contributed by atoms with Gasteiger partial charge in [-0.3, -0.25) is 4.72 Å². The third-order valence-corrected chi connectivity index (χ3v) is 3.64. The highest BCUT2D eigenvalue weighted by molar-refractivity contribution is 7.92. The Morgan fingerprint density at radius 2 is 2.00 bits per heavy atom. The third kappa shape index (κ3) is 3.77. The van der Waals surface area contributed by atoms with E-state index in [0.29, 0.717) is 5.69 Å². The van der Waals surface area contributed by atoms with E-state index in [0.717, 1.165) is 24.1 Å². The van der Waals surface area contributed by atoms with Crippen LogP contribution in [-0.4, -0.2) is 19.2 Å². The summed E-state index contributed by atoms with van der Waals surface area (Å²) >= 11 is 0. The van der Waals surface area contributed by atoms with Crippen LogP contribution >= 0.6 is 0 Å². The van der Waals surface area contributed by atoms with E-state index in [9.17, 15) is 8.42 Å². The van der Waals surface area contributed by atoms with Gasteiger partial charge in [0.2, 0.25) is 10.0 Å². The van der Waals surface area contributed by atoms with Gasteiger partial charge < -0.3 is 9.88 Å². The smallest absolute Gasteiger partial charge is 0.229 e. The molecule has 20 heavy (non-hydrogen) atoms. The van der Waals surface area contributed by atoms with Crippen molar-refractivity contribution in [2.24, 2.45) is 7.05 Å². The number of nitrogens with one attached hydrogen (secondary N) is 2. The van der Waals surface area contributed by atoms with Gasteiger partial charge in [-0.05, 0) is 42.8 Å². The van der Waals surface area contributed by atoms with E-state index in [1.165, 1.54) is 5.69 Å². The minimum absolute atomic E-state index is 0.608. The molecule has 0 bridgehead atoms. The fourth-order valence-electron chi connectivity index (χ4n) is 1.96. The van der Waals surface area contributed by atoms with Gasteiger partial charge in [-0.25, -0.2) is 8.42 Å². The molecule has 0 radical (unpaired) electrons. The summed E-state index contributed by atoms with van der Waals surface area (Å²) in [7, 11) is -1.24. The first-order valence-corrected chi connectivity index (χ1v) is 8.17. The summed E-state index contributed by atoms with van der Waals surface area (Å²) in [6.45, 7) is 2.60. The predicted molar refractivity (Wildman–Crippen MR) is 82.4 cm³/mol. The molecule has 0 saturated carbocycles. The van der Waals surface area contributed by atoms with Crippen LogP contribution < -0.4 is 10.0 Å². The van der Waals surface area contributed by atoms with Crippen molar-refractivity contribution in [2.75, 3.05) is 16.3 Å². The van der Waals surface area contributed by atoms with Crippen LogP contribution in [0.15, 0.2) is 36.5 Å². The van der Waals surface area contributed by atoms with Crippen LogP contribution in [0.2, 0.25) is 0 Å². The highest BCUT2D eigenvalue weighted by atomic mass is 32.2. The Morgan fingerprint density at radius 3 is 2.55 bits per heavy atom. The van der Waals surface area contributed by atoms with Crippen molar-refractivity contribution in [2.45, 2.75) is 13.5 Å². The van der Waals surface area contributed by atoms with Crippen molar-refractivity contribution in [3.05, 3.63) is 47.8 Å². The number of sulfonamides is 1. The molecule has 108 valence electrons. The minimum Gasteiger partial charge on any atom is -0.379 e. The molecule has 0 aliphatic carbocycles. The molecule has 0 saturated heterocycles. The fraction of sp³-hybridized carbons (Fsp3) is 0.286. The van der Waals surface area contributed by atoms with E-state index < -0.39 is 10.0 Å². The summed E-state index contributed by atoms with van der Waals surface area (Å²) in [5.74, 6) is 0. The van der Waals surface area contributed by atoms with Gasteiger partial charge >= 0.3 is 0 Å². The second-order valence-corrected chi connectivity index (χ2v) is 6.62. The summed E-state index contributed by atoms with van der Waals surface area (Å²) in [4.78, 5) is 0. The van der Waals surface area contributed by atoms with Crippen molar-refractivity contribution in [3.63, 3.8) is 0 Å². The van der Waals surface area contributed by atoms with E-state index >= 15 is 0 Å². The summed E-state index contributed by atoms with van der Waals surface area (Å²) in [5.41, 5.74) is 3.63. The molecule has 0 amide bonds. The first-order chi connectivity index (χ1) is 9.35. The van der Waals surface area contributed by atoms with E-state index in [1.54, 1.807) is 6.07 Å². The fourth-order valence-corrected chi connectivity index (χ4v) is 2.59. The van der Waals surface area contributed by atoms with Crippen LogP contribution in [0.25, 0.3) is 0 Å². The van der Waals surface area contributed by atoms with Crippen molar-refractivity contribution in [1.82, 2.24) is 4.57 Å². The molecule has 2 aromatic rings. The highest BCUT2D eigenvalue weighted by Crippen LogP contribution is 2.21. The van der Waals surface area contributed by atoms with E-state index in [2.05, 4.69) is 20.7 Å². The molecular weight excluding hydrogens is 274 g/mol. The zero-order valence-corrected chi connectivity index (χ0v) is 12.7. The lowest BCUT2D eigenvalue weighted by atomic mass is 10.2. The molecule has 1 aromatic heterocycles. The number of benzene rings is 1. The van der Waals surface area contributed by atoms with Crippen molar-refractivity contribution >= 4 is 21.4 Å². The van der Waals surface area contributed by atoms with Crippen LogP contribution in [0.5, 0.6) is 0 Å². The second-order valence-electron chi connectivity index (χ2n) is 4.87. The Balaban J connectivity index is 2.07. The number of nitrogens with zero attached hydrogens (tertiary/aromatic N) is 1. The van der Waals surface area contributed by atoms with Crippen LogP contribution in [0, 0.1) is 6.92 Å². The average Bonchev–Trinajstić information content (AvgIpc) is 2.74. The summed E-state index contributed by atoms with van der Waals surface area (Å²) in [5, 5.41) is 3.32. The minimum atomic E-state index is -3.24. The van der Waals surface area contributed by atoms with Gasteiger partial charge in [0.15, 0.2) is 0 Å². The summed E-state index contributed by atoms with van der Waals surface area (Å²) in [6, 6.07) is 9.62. The Bertz CT molecular complexity index is 705. The maximum atomic E-state index is 11.2. The lowest BCUT2D eigenvalue weighted by Gasteiger charge is -2.12. The van der Waals surface area contributed by atoms with Gasteiger partial charge in [-0.15, -0.1) is 0 Å². The van der Waals surface area contributed by atoms with E-state index in [-0.39, 0.29) is 0 Å². The zero-order chi connectivity index (χ0) is 14.8. The van der Waals surface area contributed by atoms with Gasteiger partial charge in [0.1, 0.15) is 0 Å². The average molecular weight is 293 g/mol. The third-order valence-electron chi connectivity index (χ3n) is 3.05. The van der Waals surface area contributed by atoms with Crippen LogP contribution in [0.3, 0.4) is 0 Å². The lowest BCUT2D eigenvalue weighted by molar-refractivity contribution is 0.607. The van der Waals surface area contributed by atoms with Crippen LogP contribution in [0.1, 0.15) is 11.3 Å². The number of aryl methyl sites for hydroxylation is 2. The van der Waals surface area contributed by atoms with Gasteiger partial charge in [0.05, 0.1) is 18.5 Å². The molecule has 1 heterocycles. The van der Waals surface area contributed by atoms with Crippen molar-refractivity contribution < 1.29 is 8.42 Å². The Morgan fingerprint density at radius 1 is 1.25 bits per heavy atom. The maximum absolute atomic E-state index is 11.2. The molecule has 0 aliphatic heterocycles. The monoisotopic (exact) mass is 293 g/mol. The largest absolute Gasteiger partial charge is 0.379 e. The van der Waals surface area contributed by atoms with Gasteiger partial charge in [-0.2, -0.15) is 0 Å².